The van der Waals surface area contributed by atoms with E-state index in [1.807, 2.05) is 6.07 Å². The first-order chi connectivity index (χ1) is 10.4. The SMILES string of the molecule is CC(=O)Nc1ccc(OS(=O)(=O)c2cccc(C#N)c2)cc1. The topological polar surface area (TPSA) is 96.3 Å². The zero-order chi connectivity index (χ0) is 16.2. The Labute approximate surface area is 128 Å². The number of anilines is 1. The van der Waals surface area contributed by atoms with Gasteiger partial charge in [-0.3, -0.25) is 4.79 Å². The van der Waals surface area contributed by atoms with E-state index < -0.39 is 10.1 Å². The molecule has 112 valence electrons. The van der Waals surface area contributed by atoms with Gasteiger partial charge in [0, 0.05) is 12.6 Å². The highest BCUT2D eigenvalue weighted by molar-refractivity contribution is 7.87. The van der Waals surface area contributed by atoms with E-state index in [1.54, 1.807) is 0 Å². The van der Waals surface area contributed by atoms with Crippen LogP contribution in [0.5, 0.6) is 5.75 Å². The van der Waals surface area contributed by atoms with Gasteiger partial charge in [0.05, 0.1) is 11.6 Å². The normalized spacial score (nSPS) is 10.5. The fourth-order valence-corrected chi connectivity index (χ4v) is 2.67. The lowest BCUT2D eigenvalue weighted by molar-refractivity contribution is -0.114. The first-order valence-electron chi connectivity index (χ1n) is 6.23. The number of carbonyl (C=O) groups is 1. The van der Waals surface area contributed by atoms with Crippen LogP contribution >= 0.6 is 0 Å². The molecule has 0 spiro atoms. The third-order valence-corrected chi connectivity index (χ3v) is 3.88. The summed E-state index contributed by atoms with van der Waals surface area (Å²) in [6, 6.07) is 13.3. The molecule has 0 atom stereocenters. The van der Waals surface area contributed by atoms with Crippen molar-refractivity contribution in [3.63, 3.8) is 0 Å². The Bertz CT molecular complexity index is 837. The smallest absolute Gasteiger partial charge is 0.339 e. The van der Waals surface area contributed by atoms with Crippen molar-refractivity contribution in [1.29, 1.82) is 5.26 Å². The fraction of sp³-hybridized carbons (Fsp3) is 0.0667. The van der Waals surface area contributed by atoms with Crippen LogP contribution in [0.4, 0.5) is 5.69 Å². The first kappa shape index (κ1) is 15.5. The van der Waals surface area contributed by atoms with Gasteiger partial charge < -0.3 is 9.50 Å². The Morgan fingerprint density at radius 2 is 1.86 bits per heavy atom. The van der Waals surface area contributed by atoms with E-state index in [4.69, 9.17) is 9.44 Å². The van der Waals surface area contributed by atoms with Crippen LogP contribution in [0.15, 0.2) is 53.4 Å². The van der Waals surface area contributed by atoms with Crippen LogP contribution in [0.3, 0.4) is 0 Å². The number of amides is 1. The maximum absolute atomic E-state index is 12.1. The van der Waals surface area contributed by atoms with Crippen LogP contribution in [-0.2, 0) is 14.9 Å². The summed E-state index contributed by atoms with van der Waals surface area (Å²) in [4.78, 5) is 10.8. The molecule has 0 aliphatic carbocycles. The first-order valence-corrected chi connectivity index (χ1v) is 7.64. The van der Waals surface area contributed by atoms with Crippen molar-refractivity contribution in [3.8, 4) is 11.8 Å². The lowest BCUT2D eigenvalue weighted by Crippen LogP contribution is -2.10. The van der Waals surface area contributed by atoms with Gasteiger partial charge in [0.25, 0.3) is 0 Å². The molecular weight excluding hydrogens is 304 g/mol. The quantitative estimate of drug-likeness (QED) is 0.873. The second-order valence-corrected chi connectivity index (χ2v) is 5.93. The Morgan fingerprint density at radius 3 is 2.45 bits per heavy atom. The van der Waals surface area contributed by atoms with E-state index >= 15 is 0 Å². The predicted molar refractivity (Wildman–Crippen MR) is 79.7 cm³/mol. The number of benzene rings is 2. The van der Waals surface area contributed by atoms with Crippen LogP contribution in [-0.4, -0.2) is 14.3 Å². The summed E-state index contributed by atoms with van der Waals surface area (Å²) in [7, 11) is -4.02. The molecule has 1 N–H and O–H groups in total. The minimum absolute atomic E-state index is 0.0995. The summed E-state index contributed by atoms with van der Waals surface area (Å²) < 4.78 is 29.3. The zero-order valence-electron chi connectivity index (χ0n) is 11.6. The van der Waals surface area contributed by atoms with E-state index in [2.05, 4.69) is 5.32 Å². The van der Waals surface area contributed by atoms with Gasteiger partial charge >= 0.3 is 10.1 Å². The van der Waals surface area contributed by atoms with Crippen molar-refractivity contribution >= 4 is 21.7 Å². The van der Waals surface area contributed by atoms with Gasteiger partial charge in [-0.05, 0) is 42.5 Å². The maximum Gasteiger partial charge on any atom is 0.339 e. The Kier molecular flexibility index (Phi) is 4.44. The van der Waals surface area contributed by atoms with Crippen molar-refractivity contribution in [2.24, 2.45) is 0 Å². The molecule has 0 aromatic heterocycles. The lowest BCUT2D eigenvalue weighted by Gasteiger charge is -2.08. The third-order valence-electron chi connectivity index (χ3n) is 2.63. The number of nitrogens with one attached hydrogen (secondary N) is 1. The molecule has 0 saturated heterocycles. The van der Waals surface area contributed by atoms with Crippen molar-refractivity contribution in [2.75, 3.05) is 5.32 Å². The number of rotatable bonds is 4. The molecule has 0 bridgehead atoms. The van der Waals surface area contributed by atoms with Gasteiger partial charge in [0.1, 0.15) is 10.6 Å². The van der Waals surface area contributed by atoms with Crippen LogP contribution in [0.2, 0.25) is 0 Å². The largest absolute Gasteiger partial charge is 0.379 e. The van der Waals surface area contributed by atoms with Crippen LogP contribution in [0, 0.1) is 11.3 Å². The van der Waals surface area contributed by atoms with E-state index in [0.29, 0.717) is 5.69 Å². The fourth-order valence-electron chi connectivity index (χ4n) is 1.69. The third kappa shape index (κ3) is 3.84. The van der Waals surface area contributed by atoms with Gasteiger partial charge in [0.2, 0.25) is 5.91 Å². The molecule has 0 heterocycles. The van der Waals surface area contributed by atoms with Gasteiger partial charge in [-0.1, -0.05) is 6.07 Å². The standard InChI is InChI=1S/C15H12N2O4S/c1-11(18)17-13-5-7-14(8-6-13)21-22(19,20)15-4-2-3-12(9-15)10-16/h2-9H,1H3,(H,17,18). The highest BCUT2D eigenvalue weighted by Gasteiger charge is 2.17. The molecule has 0 saturated carbocycles. The number of hydrogen-bond donors (Lipinski definition) is 1. The van der Waals surface area contributed by atoms with Gasteiger partial charge in [-0.2, -0.15) is 13.7 Å². The highest BCUT2D eigenvalue weighted by Crippen LogP contribution is 2.21. The molecule has 0 aliphatic heterocycles. The van der Waals surface area contributed by atoms with Gasteiger partial charge in [0.15, 0.2) is 0 Å². The van der Waals surface area contributed by atoms with E-state index in [1.165, 1.54) is 55.5 Å². The van der Waals surface area contributed by atoms with Crippen LogP contribution in [0.1, 0.15) is 12.5 Å². The number of nitriles is 1. The molecule has 0 unspecified atom stereocenters. The Morgan fingerprint density at radius 1 is 1.18 bits per heavy atom. The number of hydrogen-bond acceptors (Lipinski definition) is 5. The monoisotopic (exact) mass is 316 g/mol. The molecule has 6 nitrogen and oxygen atoms in total. The van der Waals surface area contributed by atoms with E-state index in [9.17, 15) is 13.2 Å². The average Bonchev–Trinajstić information content (AvgIpc) is 2.48. The summed E-state index contributed by atoms with van der Waals surface area (Å²) in [6.07, 6.45) is 0. The molecule has 0 radical (unpaired) electrons. The molecule has 22 heavy (non-hydrogen) atoms. The molecule has 0 aliphatic rings. The molecule has 0 fully saturated rings. The molecule has 2 aromatic carbocycles. The second kappa shape index (κ2) is 6.28. The summed E-state index contributed by atoms with van der Waals surface area (Å²) in [6.45, 7) is 1.37. The zero-order valence-corrected chi connectivity index (χ0v) is 12.4. The second-order valence-electron chi connectivity index (χ2n) is 4.38. The number of nitrogens with zero attached hydrogens (tertiary/aromatic N) is 1. The summed E-state index contributed by atoms with van der Waals surface area (Å²) in [5, 5.41) is 11.4. The molecule has 1 amide bonds. The van der Waals surface area contributed by atoms with Gasteiger partial charge in [-0.15, -0.1) is 0 Å². The summed E-state index contributed by atoms with van der Waals surface area (Å²) in [5.41, 5.74) is 0.759. The highest BCUT2D eigenvalue weighted by atomic mass is 32.2. The molecule has 7 heteroatoms. The summed E-state index contributed by atoms with van der Waals surface area (Å²) >= 11 is 0. The van der Waals surface area contributed by atoms with Crippen molar-refractivity contribution in [1.82, 2.24) is 0 Å². The molecule has 2 rings (SSSR count). The predicted octanol–water partition coefficient (Wildman–Crippen LogP) is 2.28. The van der Waals surface area contributed by atoms with Crippen molar-refractivity contribution < 1.29 is 17.4 Å². The van der Waals surface area contributed by atoms with Crippen molar-refractivity contribution in [2.45, 2.75) is 11.8 Å². The van der Waals surface area contributed by atoms with Crippen LogP contribution in [0.25, 0.3) is 0 Å². The Hall–Kier alpha value is -2.85. The lowest BCUT2D eigenvalue weighted by atomic mass is 10.2. The minimum atomic E-state index is -4.02. The Balaban J connectivity index is 2.21. The molecular formula is C15H12N2O4S. The summed E-state index contributed by atoms with van der Waals surface area (Å²) in [5.74, 6) is -0.119. The number of carbonyl (C=O) groups excluding carboxylic acids is 1. The van der Waals surface area contributed by atoms with Crippen molar-refractivity contribution in [3.05, 3.63) is 54.1 Å². The molecule has 2 aromatic rings. The van der Waals surface area contributed by atoms with Gasteiger partial charge in [-0.25, -0.2) is 0 Å². The van der Waals surface area contributed by atoms with E-state index in [-0.39, 0.29) is 22.1 Å². The minimum Gasteiger partial charge on any atom is -0.379 e. The average molecular weight is 316 g/mol. The van der Waals surface area contributed by atoms with E-state index in [0.717, 1.165) is 0 Å². The van der Waals surface area contributed by atoms with Crippen LogP contribution < -0.4 is 9.50 Å². The maximum atomic E-state index is 12.1.